The van der Waals surface area contributed by atoms with Crippen LogP contribution >= 0.6 is 0 Å². The van der Waals surface area contributed by atoms with E-state index in [9.17, 15) is 19.8 Å². The lowest BCUT2D eigenvalue weighted by molar-refractivity contribution is -0.143. The Morgan fingerprint density at radius 2 is 0.758 bits per heavy atom. The number of aliphatic hydroxyl groups excluding tert-OH is 2. The predicted octanol–water partition coefficient (Wildman–Crippen LogP) is 18.2. The van der Waals surface area contributed by atoms with Crippen molar-refractivity contribution in [3.05, 3.63) is 24.3 Å². The van der Waals surface area contributed by atoms with E-state index in [2.05, 4.69) is 43.5 Å². The molecule has 0 aliphatic heterocycles. The quantitative estimate of drug-likeness (QED) is 0.0321. The minimum Gasteiger partial charge on any atom is -0.466 e. The maximum atomic E-state index is 12.5. The van der Waals surface area contributed by atoms with Crippen LogP contribution in [0.1, 0.15) is 322 Å². The summed E-state index contributed by atoms with van der Waals surface area (Å²) in [6.07, 6.45) is 67.4. The molecule has 1 amide bonds. The van der Waals surface area contributed by atoms with E-state index in [1.54, 1.807) is 0 Å². The van der Waals surface area contributed by atoms with E-state index in [0.29, 0.717) is 25.9 Å². The molecule has 2 atom stereocenters. The van der Waals surface area contributed by atoms with E-state index < -0.39 is 12.1 Å². The van der Waals surface area contributed by atoms with Crippen LogP contribution in [0.15, 0.2) is 24.3 Å². The largest absolute Gasteiger partial charge is 0.466 e. The molecule has 0 aromatic rings. The number of aliphatic hydroxyl groups is 2. The van der Waals surface area contributed by atoms with Gasteiger partial charge < -0.3 is 20.3 Å². The highest BCUT2D eigenvalue weighted by atomic mass is 16.5. The predicted molar refractivity (Wildman–Crippen MR) is 287 cm³/mol. The average Bonchev–Trinajstić information content (AvgIpc) is 3.32. The molecule has 0 radical (unpaired) electrons. The Labute approximate surface area is 411 Å². The molecular formula is C60H115NO5. The molecule has 66 heavy (non-hydrogen) atoms. The van der Waals surface area contributed by atoms with Gasteiger partial charge in [-0.3, -0.25) is 9.59 Å². The Kier molecular flexibility index (Phi) is 54.5. The molecule has 0 fully saturated rings. The number of carbonyl (C=O) groups is 2. The number of hydrogen-bond acceptors (Lipinski definition) is 5. The van der Waals surface area contributed by atoms with Gasteiger partial charge in [-0.25, -0.2) is 0 Å². The van der Waals surface area contributed by atoms with Crippen molar-refractivity contribution in [2.75, 3.05) is 13.2 Å². The van der Waals surface area contributed by atoms with Gasteiger partial charge in [-0.15, -0.1) is 0 Å². The van der Waals surface area contributed by atoms with Gasteiger partial charge in [0.15, 0.2) is 0 Å². The first-order chi connectivity index (χ1) is 32.5. The first-order valence-electron chi connectivity index (χ1n) is 29.6. The van der Waals surface area contributed by atoms with E-state index >= 15 is 0 Å². The summed E-state index contributed by atoms with van der Waals surface area (Å²) in [5.41, 5.74) is 0. The summed E-state index contributed by atoms with van der Waals surface area (Å²) in [4.78, 5) is 24.5. The molecule has 0 spiro atoms. The number of amides is 1. The highest BCUT2D eigenvalue weighted by Crippen LogP contribution is 2.18. The topological polar surface area (TPSA) is 95.9 Å². The van der Waals surface area contributed by atoms with Crippen LogP contribution in [-0.4, -0.2) is 47.4 Å². The number of ether oxygens (including phenoxy) is 1. The fourth-order valence-electron chi connectivity index (χ4n) is 9.20. The minimum absolute atomic E-state index is 0.00180. The summed E-state index contributed by atoms with van der Waals surface area (Å²) in [6, 6.07) is -0.541. The highest BCUT2D eigenvalue weighted by Gasteiger charge is 2.20. The molecule has 0 aliphatic carbocycles. The van der Waals surface area contributed by atoms with E-state index in [1.807, 2.05) is 0 Å². The summed E-state index contributed by atoms with van der Waals surface area (Å²) in [6.45, 7) is 4.93. The normalized spacial score (nSPS) is 12.7. The van der Waals surface area contributed by atoms with Gasteiger partial charge in [0.2, 0.25) is 5.91 Å². The van der Waals surface area contributed by atoms with Gasteiger partial charge in [-0.05, 0) is 57.8 Å². The number of carbonyl (C=O) groups excluding carboxylic acids is 2. The summed E-state index contributed by atoms with van der Waals surface area (Å²) in [5.74, 6) is -0.0372. The molecule has 0 aromatic carbocycles. The van der Waals surface area contributed by atoms with Crippen molar-refractivity contribution >= 4 is 11.9 Å². The van der Waals surface area contributed by atoms with Crippen LogP contribution in [0, 0.1) is 0 Å². The van der Waals surface area contributed by atoms with Crippen LogP contribution in [0.5, 0.6) is 0 Å². The van der Waals surface area contributed by atoms with Crippen molar-refractivity contribution < 1.29 is 24.5 Å². The van der Waals surface area contributed by atoms with Crippen molar-refractivity contribution in [2.24, 2.45) is 0 Å². The molecule has 0 bridgehead atoms. The Morgan fingerprint density at radius 3 is 1.18 bits per heavy atom. The zero-order chi connectivity index (χ0) is 47.9. The molecule has 0 saturated heterocycles. The Balaban J connectivity index is 3.38. The maximum Gasteiger partial charge on any atom is 0.305 e. The third kappa shape index (κ3) is 51.7. The zero-order valence-electron chi connectivity index (χ0n) is 44.4. The monoisotopic (exact) mass is 930 g/mol. The van der Waals surface area contributed by atoms with Gasteiger partial charge in [0, 0.05) is 12.8 Å². The van der Waals surface area contributed by atoms with E-state index in [1.165, 1.54) is 238 Å². The number of esters is 1. The molecule has 3 N–H and O–H groups in total. The number of rotatable bonds is 55. The lowest BCUT2D eigenvalue weighted by Gasteiger charge is -2.22. The summed E-state index contributed by atoms with van der Waals surface area (Å²) in [7, 11) is 0. The van der Waals surface area contributed by atoms with Crippen molar-refractivity contribution in [1.82, 2.24) is 5.32 Å². The SMILES string of the molecule is CCCCC/C=C\C/C=C\CCCCCCCC(=O)OCCCCCCCCCCCCCCCCCCCCCCCC(=O)NC(CO)C(O)CCCCCCCCCCCCCCC. The molecular weight excluding hydrogens is 815 g/mol. The Morgan fingerprint density at radius 1 is 0.424 bits per heavy atom. The van der Waals surface area contributed by atoms with Crippen LogP contribution in [0.3, 0.4) is 0 Å². The number of nitrogens with one attached hydrogen (secondary N) is 1. The Bertz CT molecular complexity index is 1030. The lowest BCUT2D eigenvalue weighted by atomic mass is 10.0. The average molecular weight is 931 g/mol. The first-order valence-corrected chi connectivity index (χ1v) is 29.6. The smallest absolute Gasteiger partial charge is 0.305 e. The Hall–Kier alpha value is -1.66. The fraction of sp³-hybridized carbons (Fsp3) is 0.900. The highest BCUT2D eigenvalue weighted by molar-refractivity contribution is 5.76. The number of allylic oxidation sites excluding steroid dienone is 4. The van der Waals surface area contributed by atoms with Crippen LogP contribution in [0.25, 0.3) is 0 Å². The second-order valence-corrected chi connectivity index (χ2v) is 20.3. The van der Waals surface area contributed by atoms with Crippen LogP contribution in [0.2, 0.25) is 0 Å². The minimum atomic E-state index is -0.664. The summed E-state index contributed by atoms with van der Waals surface area (Å²) in [5, 5.41) is 23.2. The van der Waals surface area contributed by atoms with Crippen molar-refractivity contribution in [3.63, 3.8) is 0 Å². The van der Waals surface area contributed by atoms with Crippen LogP contribution < -0.4 is 5.32 Å². The second kappa shape index (κ2) is 55.9. The maximum absolute atomic E-state index is 12.5. The molecule has 0 rings (SSSR count). The van der Waals surface area contributed by atoms with Crippen LogP contribution in [-0.2, 0) is 14.3 Å². The number of hydrogen-bond donors (Lipinski definition) is 3. The van der Waals surface area contributed by atoms with Crippen molar-refractivity contribution in [1.29, 1.82) is 0 Å². The van der Waals surface area contributed by atoms with Gasteiger partial charge in [0.25, 0.3) is 0 Å². The first kappa shape index (κ1) is 64.3. The van der Waals surface area contributed by atoms with Crippen LogP contribution in [0.4, 0.5) is 0 Å². The van der Waals surface area contributed by atoms with E-state index in [0.717, 1.165) is 51.4 Å². The van der Waals surface area contributed by atoms with E-state index in [-0.39, 0.29) is 18.5 Å². The number of unbranched alkanes of at least 4 members (excludes halogenated alkanes) is 40. The standard InChI is InChI=1S/C60H115NO5/c1-3-5-7-9-11-13-15-17-25-30-34-38-42-46-50-54-60(65)66-55-51-47-43-39-35-31-27-24-22-20-18-19-21-23-26-29-33-37-41-45-49-53-59(64)61-57(56-62)58(63)52-48-44-40-36-32-28-16-14-12-10-8-6-4-2/h11,13,17,25,57-58,62-63H,3-10,12,14-16,18-24,26-56H2,1-2H3,(H,61,64)/b13-11-,25-17-. The van der Waals surface area contributed by atoms with Gasteiger partial charge in [0.1, 0.15) is 0 Å². The third-order valence-corrected chi connectivity index (χ3v) is 13.8. The van der Waals surface area contributed by atoms with Gasteiger partial charge >= 0.3 is 5.97 Å². The summed E-state index contributed by atoms with van der Waals surface area (Å²) >= 11 is 0. The van der Waals surface area contributed by atoms with Gasteiger partial charge in [-0.1, -0.05) is 276 Å². The molecule has 6 nitrogen and oxygen atoms in total. The fourth-order valence-corrected chi connectivity index (χ4v) is 9.20. The molecule has 2 unspecified atom stereocenters. The van der Waals surface area contributed by atoms with Crippen molar-refractivity contribution in [3.8, 4) is 0 Å². The zero-order valence-corrected chi connectivity index (χ0v) is 44.4. The van der Waals surface area contributed by atoms with Gasteiger partial charge in [-0.2, -0.15) is 0 Å². The van der Waals surface area contributed by atoms with Gasteiger partial charge in [0.05, 0.1) is 25.4 Å². The molecule has 6 heteroatoms. The molecule has 0 heterocycles. The molecule has 0 saturated carbocycles. The third-order valence-electron chi connectivity index (χ3n) is 13.8. The lowest BCUT2D eigenvalue weighted by Crippen LogP contribution is -2.45. The summed E-state index contributed by atoms with van der Waals surface area (Å²) < 4.78 is 5.47. The van der Waals surface area contributed by atoms with Crippen molar-refractivity contribution in [2.45, 2.75) is 334 Å². The molecule has 0 aliphatic rings. The molecule has 390 valence electrons. The molecule has 0 aromatic heterocycles. The second-order valence-electron chi connectivity index (χ2n) is 20.3. The van der Waals surface area contributed by atoms with E-state index in [4.69, 9.17) is 4.74 Å².